The Hall–Kier alpha value is -1.63. The van der Waals surface area contributed by atoms with Gasteiger partial charge in [-0.1, -0.05) is 52.0 Å². The predicted molar refractivity (Wildman–Crippen MR) is 84.5 cm³/mol. The van der Waals surface area contributed by atoms with Crippen LogP contribution in [0.15, 0.2) is 30.3 Å². The highest BCUT2D eigenvalue weighted by Gasteiger charge is 2.32. The van der Waals surface area contributed by atoms with Crippen LogP contribution >= 0.6 is 0 Å². The van der Waals surface area contributed by atoms with Crippen LogP contribution < -0.4 is 0 Å². The van der Waals surface area contributed by atoms with Crippen LogP contribution in [0.25, 0.3) is 10.8 Å². The fourth-order valence-corrected chi connectivity index (χ4v) is 3.45. The fraction of sp³-hybridized carbons (Fsp3) is 0.421. The summed E-state index contributed by atoms with van der Waals surface area (Å²) in [6.45, 7) is 8.79. The molecule has 2 aromatic carbocycles. The molecule has 0 aliphatic heterocycles. The van der Waals surface area contributed by atoms with E-state index in [-0.39, 0.29) is 5.41 Å². The average Bonchev–Trinajstić information content (AvgIpc) is 2.36. The summed E-state index contributed by atoms with van der Waals surface area (Å²) >= 11 is 0. The molecule has 0 fully saturated rings. The van der Waals surface area contributed by atoms with Crippen molar-refractivity contribution in [3.8, 4) is 0 Å². The molecule has 0 radical (unpaired) electrons. The van der Waals surface area contributed by atoms with Crippen LogP contribution in [-0.4, -0.2) is 5.78 Å². The molecule has 0 amide bonds. The lowest BCUT2D eigenvalue weighted by Gasteiger charge is -2.32. The molecule has 0 bridgehead atoms. The summed E-state index contributed by atoms with van der Waals surface area (Å²) in [6, 6.07) is 10.7. The molecule has 1 heteroatoms. The summed E-state index contributed by atoms with van der Waals surface area (Å²) in [5, 5.41) is 2.58. The summed E-state index contributed by atoms with van der Waals surface area (Å²) in [7, 11) is 0. The summed E-state index contributed by atoms with van der Waals surface area (Å²) in [4.78, 5) is 12.5. The molecule has 20 heavy (non-hydrogen) atoms. The Kier molecular flexibility index (Phi) is 2.97. The third-order valence-corrected chi connectivity index (χ3v) is 4.41. The van der Waals surface area contributed by atoms with Gasteiger partial charge in [-0.25, -0.2) is 0 Å². The van der Waals surface area contributed by atoms with Crippen molar-refractivity contribution in [1.82, 2.24) is 0 Å². The lowest BCUT2D eigenvalue weighted by molar-refractivity contribution is 0.0913. The molecule has 0 heterocycles. The molecule has 104 valence electrons. The van der Waals surface area contributed by atoms with Crippen molar-refractivity contribution in [2.75, 3.05) is 0 Å². The van der Waals surface area contributed by atoms with Gasteiger partial charge in [0.2, 0.25) is 0 Å². The Morgan fingerprint density at radius 2 is 1.70 bits per heavy atom. The summed E-state index contributed by atoms with van der Waals surface area (Å²) in [5.41, 5.74) is 3.59. The minimum Gasteiger partial charge on any atom is -0.294 e. The fourth-order valence-electron chi connectivity index (χ4n) is 3.45. The molecule has 0 unspecified atom stereocenters. The third kappa shape index (κ3) is 2.06. The second-order valence-electron chi connectivity index (χ2n) is 7.13. The normalized spacial score (nSPS) is 17.6. The van der Waals surface area contributed by atoms with Gasteiger partial charge >= 0.3 is 0 Å². The van der Waals surface area contributed by atoms with Crippen LogP contribution in [0.3, 0.4) is 0 Å². The summed E-state index contributed by atoms with van der Waals surface area (Å²) < 4.78 is 0. The van der Waals surface area contributed by atoms with Crippen LogP contribution in [0.2, 0.25) is 0 Å². The van der Waals surface area contributed by atoms with Crippen molar-refractivity contribution in [3.63, 3.8) is 0 Å². The van der Waals surface area contributed by atoms with Crippen molar-refractivity contribution < 1.29 is 4.79 Å². The number of fused-ring (bicyclic) bond motifs is 3. The molecule has 0 N–H and O–H groups in total. The van der Waals surface area contributed by atoms with E-state index < -0.39 is 0 Å². The highest BCUT2D eigenvalue weighted by Crippen LogP contribution is 2.40. The van der Waals surface area contributed by atoms with E-state index in [1.165, 1.54) is 21.9 Å². The van der Waals surface area contributed by atoms with Gasteiger partial charge in [-0.15, -0.1) is 0 Å². The zero-order valence-corrected chi connectivity index (χ0v) is 12.8. The number of rotatable bonds is 1. The number of hydrogen-bond donors (Lipinski definition) is 0. The van der Waals surface area contributed by atoms with E-state index in [0.717, 1.165) is 12.0 Å². The van der Waals surface area contributed by atoms with Crippen LogP contribution in [0.4, 0.5) is 0 Å². The molecule has 1 aliphatic rings. The Morgan fingerprint density at radius 3 is 2.35 bits per heavy atom. The van der Waals surface area contributed by atoms with E-state index in [0.29, 0.717) is 18.1 Å². The van der Waals surface area contributed by atoms with Crippen LogP contribution in [-0.2, 0) is 6.42 Å². The molecular weight excluding hydrogens is 244 g/mol. The topological polar surface area (TPSA) is 17.1 Å². The van der Waals surface area contributed by atoms with Crippen LogP contribution in [0.1, 0.15) is 61.5 Å². The quantitative estimate of drug-likeness (QED) is 0.700. The smallest absolute Gasteiger partial charge is 0.163 e. The standard InChI is InChI=1S/C19H22O/c1-12(2)15-9-16-17(10-19(3,4)11-18(16)20)14-8-6-5-7-13(14)15/h5-9,12H,10-11H2,1-4H3. The average molecular weight is 266 g/mol. The van der Waals surface area contributed by atoms with Crippen LogP contribution in [0.5, 0.6) is 0 Å². The Labute approximate surface area is 121 Å². The van der Waals surface area contributed by atoms with E-state index in [2.05, 4.69) is 58.0 Å². The van der Waals surface area contributed by atoms with E-state index in [9.17, 15) is 4.79 Å². The van der Waals surface area contributed by atoms with Gasteiger partial charge < -0.3 is 0 Å². The van der Waals surface area contributed by atoms with Gasteiger partial charge in [0.1, 0.15) is 0 Å². The monoisotopic (exact) mass is 266 g/mol. The number of carbonyl (C=O) groups excluding carboxylic acids is 1. The Bertz CT molecular complexity index is 692. The lowest BCUT2D eigenvalue weighted by atomic mass is 9.71. The van der Waals surface area contributed by atoms with Gasteiger partial charge in [0.05, 0.1) is 0 Å². The molecule has 3 rings (SSSR count). The minimum absolute atomic E-state index is 0.0756. The van der Waals surface area contributed by atoms with E-state index in [1.807, 2.05) is 0 Å². The summed E-state index contributed by atoms with van der Waals surface area (Å²) in [5.74, 6) is 0.747. The second kappa shape index (κ2) is 4.44. The first kappa shape index (κ1) is 13.4. The number of hydrogen-bond acceptors (Lipinski definition) is 1. The zero-order chi connectivity index (χ0) is 14.5. The first-order valence-corrected chi connectivity index (χ1v) is 7.47. The first-order valence-electron chi connectivity index (χ1n) is 7.47. The minimum atomic E-state index is 0.0756. The second-order valence-corrected chi connectivity index (χ2v) is 7.13. The van der Waals surface area contributed by atoms with Gasteiger partial charge in [0.15, 0.2) is 5.78 Å². The maximum absolute atomic E-state index is 12.5. The van der Waals surface area contributed by atoms with Gasteiger partial charge in [-0.2, -0.15) is 0 Å². The van der Waals surface area contributed by atoms with Gasteiger partial charge in [0, 0.05) is 12.0 Å². The molecular formula is C19H22O. The van der Waals surface area contributed by atoms with E-state index >= 15 is 0 Å². The number of ketones is 1. The number of carbonyl (C=O) groups is 1. The molecule has 1 aliphatic carbocycles. The van der Waals surface area contributed by atoms with E-state index in [4.69, 9.17) is 0 Å². The molecule has 0 aromatic heterocycles. The lowest BCUT2D eigenvalue weighted by Crippen LogP contribution is -2.27. The molecule has 0 saturated carbocycles. The van der Waals surface area contributed by atoms with Gasteiger partial charge in [-0.05, 0) is 45.7 Å². The predicted octanol–water partition coefficient (Wildman–Crippen LogP) is 5.12. The SMILES string of the molecule is CC(C)c1cc2c(c3ccccc13)CC(C)(C)CC2=O. The molecule has 2 aromatic rings. The molecule has 0 atom stereocenters. The maximum atomic E-state index is 12.5. The molecule has 0 saturated heterocycles. The third-order valence-electron chi connectivity index (χ3n) is 4.41. The van der Waals surface area contributed by atoms with Crippen molar-refractivity contribution in [2.45, 2.75) is 46.5 Å². The Morgan fingerprint density at radius 1 is 1.05 bits per heavy atom. The van der Waals surface area contributed by atoms with Crippen LogP contribution in [0, 0.1) is 5.41 Å². The highest BCUT2D eigenvalue weighted by molar-refractivity contribution is 6.05. The highest BCUT2D eigenvalue weighted by atomic mass is 16.1. The van der Waals surface area contributed by atoms with Crippen molar-refractivity contribution in [2.24, 2.45) is 5.41 Å². The van der Waals surface area contributed by atoms with Crippen molar-refractivity contribution in [1.29, 1.82) is 0 Å². The first-order chi connectivity index (χ1) is 9.39. The number of Topliss-reactive ketones (excluding diaryl/α,β-unsaturated/α-hetero) is 1. The molecule has 0 spiro atoms. The van der Waals surface area contributed by atoms with Crippen molar-refractivity contribution in [3.05, 3.63) is 47.0 Å². The van der Waals surface area contributed by atoms with E-state index in [1.54, 1.807) is 0 Å². The summed E-state index contributed by atoms with van der Waals surface area (Å²) in [6.07, 6.45) is 1.66. The zero-order valence-electron chi connectivity index (χ0n) is 12.8. The molecule has 1 nitrogen and oxygen atoms in total. The van der Waals surface area contributed by atoms with Crippen molar-refractivity contribution >= 4 is 16.6 Å². The Balaban J connectivity index is 2.37. The van der Waals surface area contributed by atoms with Gasteiger partial charge in [0.25, 0.3) is 0 Å². The number of benzene rings is 2. The largest absolute Gasteiger partial charge is 0.294 e. The maximum Gasteiger partial charge on any atom is 0.163 e. The van der Waals surface area contributed by atoms with Gasteiger partial charge in [-0.3, -0.25) is 4.79 Å².